The van der Waals surface area contributed by atoms with Crippen LogP contribution in [0.3, 0.4) is 0 Å². The molecule has 0 aliphatic rings. The maximum Gasteiger partial charge on any atom is 0.261 e. The molecule has 12 heteroatoms. The van der Waals surface area contributed by atoms with Crippen molar-refractivity contribution in [2.24, 2.45) is 0 Å². The molecule has 0 unspecified atom stereocenters. The minimum Gasteiger partial charge on any atom is -0.484 e. The number of nitrogens with one attached hydrogen (secondary N) is 2. The average molecular weight is 687 g/mol. The summed E-state index contributed by atoms with van der Waals surface area (Å²) in [6, 6.07) is 29.6. The van der Waals surface area contributed by atoms with Gasteiger partial charge in [0.05, 0.1) is 4.90 Å². The van der Waals surface area contributed by atoms with Gasteiger partial charge in [0, 0.05) is 42.6 Å². The molecule has 246 valence electrons. The molecular formula is C36H32ClFN4O5S. The second-order valence-electron chi connectivity index (χ2n) is 10.8. The summed E-state index contributed by atoms with van der Waals surface area (Å²) in [5.41, 5.74) is 2.63. The molecule has 1 atom stereocenters. The van der Waals surface area contributed by atoms with E-state index in [4.69, 9.17) is 16.3 Å². The summed E-state index contributed by atoms with van der Waals surface area (Å²) in [4.78, 5) is 33.2. The SMILES string of the molecule is O=C(NCc1cccnc1)[C@H](Cc1ccccc1)N(Cc1ccc(Cl)cc1)C(=O)COc1ccc(S(=O)(=O)Nc2ccc(F)cc2)cc1. The summed E-state index contributed by atoms with van der Waals surface area (Å²) < 4.78 is 47.1. The molecule has 0 saturated carbocycles. The topological polar surface area (TPSA) is 118 Å². The van der Waals surface area contributed by atoms with Gasteiger partial charge in [0.2, 0.25) is 5.91 Å². The van der Waals surface area contributed by atoms with Gasteiger partial charge in [0.1, 0.15) is 17.6 Å². The normalized spacial score (nSPS) is 11.7. The van der Waals surface area contributed by atoms with Gasteiger partial charge >= 0.3 is 0 Å². The van der Waals surface area contributed by atoms with Crippen LogP contribution in [0.5, 0.6) is 5.75 Å². The lowest BCUT2D eigenvalue weighted by Gasteiger charge is -2.31. The van der Waals surface area contributed by atoms with Gasteiger partial charge in [0.25, 0.3) is 15.9 Å². The Morgan fingerprint density at radius 1 is 0.833 bits per heavy atom. The molecule has 0 fully saturated rings. The summed E-state index contributed by atoms with van der Waals surface area (Å²) in [7, 11) is -3.96. The van der Waals surface area contributed by atoms with E-state index >= 15 is 0 Å². The number of hydrogen-bond donors (Lipinski definition) is 2. The number of halogens is 2. The molecule has 5 rings (SSSR count). The van der Waals surface area contributed by atoms with Gasteiger partial charge in [0.15, 0.2) is 6.61 Å². The van der Waals surface area contributed by atoms with Crippen molar-refractivity contribution in [3.63, 3.8) is 0 Å². The van der Waals surface area contributed by atoms with Gasteiger partial charge in [-0.05, 0) is 83.4 Å². The molecule has 4 aromatic carbocycles. The molecule has 0 radical (unpaired) electrons. The van der Waals surface area contributed by atoms with E-state index in [0.29, 0.717) is 5.02 Å². The van der Waals surface area contributed by atoms with Crippen LogP contribution in [0.2, 0.25) is 5.02 Å². The summed E-state index contributed by atoms with van der Waals surface area (Å²) in [6.07, 6.45) is 3.55. The second-order valence-corrected chi connectivity index (χ2v) is 12.9. The van der Waals surface area contributed by atoms with Crippen LogP contribution in [0.25, 0.3) is 0 Å². The highest BCUT2D eigenvalue weighted by Crippen LogP contribution is 2.21. The number of sulfonamides is 1. The zero-order valence-electron chi connectivity index (χ0n) is 25.6. The first-order valence-corrected chi connectivity index (χ1v) is 16.8. The zero-order chi connectivity index (χ0) is 33.9. The number of anilines is 1. The zero-order valence-corrected chi connectivity index (χ0v) is 27.2. The van der Waals surface area contributed by atoms with Crippen molar-refractivity contribution < 1.29 is 27.1 Å². The van der Waals surface area contributed by atoms with Crippen LogP contribution in [-0.4, -0.2) is 42.8 Å². The Kier molecular flexibility index (Phi) is 11.4. The molecule has 1 aromatic heterocycles. The number of nitrogens with zero attached hydrogens (tertiary/aromatic N) is 2. The quantitative estimate of drug-likeness (QED) is 0.148. The molecule has 0 aliphatic heterocycles. The number of aromatic nitrogens is 1. The highest BCUT2D eigenvalue weighted by molar-refractivity contribution is 7.92. The lowest BCUT2D eigenvalue weighted by Crippen LogP contribution is -2.51. The van der Waals surface area contributed by atoms with E-state index in [-0.39, 0.29) is 41.7 Å². The molecule has 1 heterocycles. The Bertz CT molecular complexity index is 1910. The Hall–Kier alpha value is -5.26. The number of amides is 2. The number of pyridine rings is 1. The van der Waals surface area contributed by atoms with Crippen molar-refractivity contribution in [1.29, 1.82) is 0 Å². The first kappa shape index (κ1) is 34.1. The van der Waals surface area contributed by atoms with E-state index < -0.39 is 34.4 Å². The summed E-state index contributed by atoms with van der Waals surface area (Å²) in [6.45, 7) is -0.0964. The van der Waals surface area contributed by atoms with Crippen molar-refractivity contribution in [3.8, 4) is 5.75 Å². The first-order chi connectivity index (χ1) is 23.2. The third-order valence-electron chi connectivity index (χ3n) is 7.32. The number of carbonyl (C=O) groups excluding carboxylic acids is 2. The Labute approximate surface area is 283 Å². The fourth-order valence-corrected chi connectivity index (χ4v) is 6.01. The molecule has 0 aliphatic carbocycles. The summed E-state index contributed by atoms with van der Waals surface area (Å²) >= 11 is 6.11. The van der Waals surface area contributed by atoms with Crippen LogP contribution >= 0.6 is 11.6 Å². The highest BCUT2D eigenvalue weighted by atomic mass is 35.5. The second kappa shape index (κ2) is 16.0. The lowest BCUT2D eigenvalue weighted by atomic mass is 10.0. The van der Waals surface area contributed by atoms with Gasteiger partial charge in [-0.2, -0.15) is 0 Å². The van der Waals surface area contributed by atoms with E-state index in [0.717, 1.165) is 28.8 Å². The summed E-state index contributed by atoms with van der Waals surface area (Å²) in [5.74, 6) is -1.06. The molecule has 5 aromatic rings. The fourth-order valence-electron chi connectivity index (χ4n) is 4.83. The molecule has 0 bridgehead atoms. The van der Waals surface area contributed by atoms with Crippen LogP contribution in [0.4, 0.5) is 10.1 Å². The monoisotopic (exact) mass is 686 g/mol. The number of hydrogen-bond acceptors (Lipinski definition) is 6. The lowest BCUT2D eigenvalue weighted by molar-refractivity contribution is -0.142. The number of benzene rings is 4. The maximum atomic E-state index is 13.9. The molecule has 9 nitrogen and oxygen atoms in total. The van der Waals surface area contributed by atoms with Crippen LogP contribution in [-0.2, 0) is 39.1 Å². The predicted octanol–water partition coefficient (Wildman–Crippen LogP) is 6.01. The highest BCUT2D eigenvalue weighted by Gasteiger charge is 2.31. The number of rotatable bonds is 14. The third kappa shape index (κ3) is 9.63. The molecule has 2 amide bonds. The van der Waals surface area contributed by atoms with Crippen LogP contribution < -0.4 is 14.8 Å². The van der Waals surface area contributed by atoms with Crippen LogP contribution in [0, 0.1) is 5.82 Å². The standard InChI is InChI=1S/C36H32ClFN4O5S/c37-29-10-8-27(9-11-29)24-42(34(21-26-5-2-1-3-6-26)36(44)40-23-28-7-4-20-39-22-28)35(43)25-47-32-16-18-33(19-17-32)48(45,46)41-31-14-12-30(38)13-15-31/h1-20,22,34,41H,21,23-25H2,(H,40,44)/t34-/m0/s1. The van der Waals surface area contributed by atoms with Gasteiger partial charge in [-0.1, -0.05) is 60.1 Å². The first-order valence-electron chi connectivity index (χ1n) is 14.9. The Balaban J connectivity index is 1.34. The fraction of sp³-hybridized carbons (Fsp3) is 0.139. The minimum absolute atomic E-state index is 0.0527. The van der Waals surface area contributed by atoms with Gasteiger partial charge in [-0.3, -0.25) is 19.3 Å². The predicted molar refractivity (Wildman–Crippen MR) is 181 cm³/mol. The number of carbonyl (C=O) groups is 2. The van der Waals surface area contributed by atoms with Crippen molar-refractivity contribution in [2.45, 2.75) is 30.4 Å². The minimum atomic E-state index is -3.96. The van der Waals surface area contributed by atoms with Crippen molar-refractivity contribution >= 4 is 39.1 Å². The smallest absolute Gasteiger partial charge is 0.261 e. The molecule has 48 heavy (non-hydrogen) atoms. The Morgan fingerprint density at radius 3 is 2.19 bits per heavy atom. The third-order valence-corrected chi connectivity index (χ3v) is 8.97. The van der Waals surface area contributed by atoms with Crippen molar-refractivity contribution in [1.82, 2.24) is 15.2 Å². The molecular weight excluding hydrogens is 655 g/mol. The molecule has 0 saturated heterocycles. The van der Waals surface area contributed by atoms with Crippen LogP contribution in [0.1, 0.15) is 16.7 Å². The van der Waals surface area contributed by atoms with E-state index in [9.17, 15) is 22.4 Å². The maximum absolute atomic E-state index is 13.9. The van der Waals surface area contributed by atoms with Gasteiger partial charge < -0.3 is 15.0 Å². The molecule has 0 spiro atoms. The van der Waals surface area contributed by atoms with E-state index in [2.05, 4.69) is 15.0 Å². The molecule has 2 N–H and O–H groups in total. The number of ether oxygens (including phenoxy) is 1. The van der Waals surface area contributed by atoms with E-state index in [1.165, 1.54) is 41.3 Å². The van der Waals surface area contributed by atoms with Crippen LogP contribution in [0.15, 0.2) is 133 Å². The van der Waals surface area contributed by atoms with Crippen molar-refractivity contribution in [3.05, 3.63) is 155 Å². The Morgan fingerprint density at radius 2 is 1.52 bits per heavy atom. The van der Waals surface area contributed by atoms with Gasteiger partial charge in [-0.15, -0.1) is 0 Å². The van der Waals surface area contributed by atoms with Gasteiger partial charge in [-0.25, -0.2) is 12.8 Å². The largest absolute Gasteiger partial charge is 0.484 e. The summed E-state index contributed by atoms with van der Waals surface area (Å²) in [5, 5.41) is 3.48. The van der Waals surface area contributed by atoms with Crippen molar-refractivity contribution in [2.75, 3.05) is 11.3 Å². The van der Waals surface area contributed by atoms with E-state index in [1.807, 2.05) is 36.4 Å². The van der Waals surface area contributed by atoms with E-state index in [1.54, 1.807) is 42.7 Å². The average Bonchev–Trinajstić information content (AvgIpc) is 3.10.